The molecule has 1 aliphatic carbocycles. The molecular weight excluding hydrogens is 588 g/mol. The quantitative estimate of drug-likeness (QED) is 0.173. The molecule has 0 bridgehead atoms. The van der Waals surface area contributed by atoms with Crippen LogP contribution >= 0.6 is 0 Å². The first-order valence-corrected chi connectivity index (χ1v) is 14.9. The number of carbonyl (C=O) groups is 2. The molecule has 0 aromatic heterocycles. The number of alkyl carbamates (subject to hydrolysis) is 1. The van der Waals surface area contributed by atoms with Gasteiger partial charge in [-0.2, -0.15) is 9.59 Å². The smallest absolute Gasteiger partial charge is 0.407 e. The lowest BCUT2D eigenvalue weighted by Crippen LogP contribution is -2.38. The van der Waals surface area contributed by atoms with Gasteiger partial charge in [0.2, 0.25) is 5.91 Å². The molecule has 2 N–H and O–H groups in total. The monoisotopic (exact) mass is 632 g/mol. The Labute approximate surface area is 263 Å². The van der Waals surface area contributed by atoms with Crippen LogP contribution in [0.2, 0.25) is 0 Å². The molecule has 2 aromatic rings. The number of carbonyl (C=O) groups excluding carboxylic acids is 4. The molecule has 2 amide bonds. The molecule has 0 radical (unpaired) electrons. The SMILES string of the molecule is CCOCCOCCOCCOCCOCCOCCNC(=O)CNC(=O)OCC1c2ccccc2-c2ccccc21.O=C=O. The van der Waals surface area contributed by atoms with Gasteiger partial charge in [0.1, 0.15) is 6.61 Å². The van der Waals surface area contributed by atoms with Crippen molar-refractivity contribution in [2.45, 2.75) is 12.8 Å². The first kappa shape index (κ1) is 37.5. The predicted octanol–water partition coefficient (Wildman–Crippen LogP) is 2.18. The number of hydrogen-bond acceptors (Lipinski definition) is 11. The van der Waals surface area contributed by atoms with Crippen LogP contribution in [0.5, 0.6) is 0 Å². The standard InChI is InChI=1S/C31H44N2O9.CO2/c1-2-36-13-14-38-17-18-40-21-22-41-20-19-39-16-15-37-12-11-32-30(34)23-33-31(35)42-24-29-27-9-5-3-7-25(27)26-8-4-6-10-28(26)29;2-1-3/h3-10,29H,2,11-24H2,1H3,(H,32,34)(H,33,35);. The van der Waals surface area contributed by atoms with E-state index in [1.807, 2.05) is 31.2 Å². The van der Waals surface area contributed by atoms with Gasteiger partial charge in [0, 0.05) is 19.1 Å². The molecule has 0 heterocycles. The maximum atomic E-state index is 12.2. The Kier molecular flexibility index (Phi) is 20.5. The molecule has 0 unspecified atom stereocenters. The van der Waals surface area contributed by atoms with Crippen LogP contribution < -0.4 is 10.6 Å². The van der Waals surface area contributed by atoms with Crippen molar-refractivity contribution in [3.05, 3.63) is 59.7 Å². The Bertz CT molecular complexity index is 1100. The summed E-state index contributed by atoms with van der Waals surface area (Å²) < 4.78 is 37.7. The summed E-state index contributed by atoms with van der Waals surface area (Å²) in [5.41, 5.74) is 4.59. The van der Waals surface area contributed by atoms with Gasteiger partial charge in [0.05, 0.1) is 79.2 Å². The highest BCUT2D eigenvalue weighted by Gasteiger charge is 2.29. The normalized spacial score (nSPS) is 11.5. The largest absolute Gasteiger partial charge is 0.449 e. The molecule has 0 spiro atoms. The highest BCUT2D eigenvalue weighted by molar-refractivity contribution is 5.82. The van der Waals surface area contributed by atoms with Crippen LogP contribution in [-0.2, 0) is 47.5 Å². The summed E-state index contributed by atoms with van der Waals surface area (Å²) in [5, 5.41) is 5.20. The van der Waals surface area contributed by atoms with Gasteiger partial charge in [-0.1, -0.05) is 48.5 Å². The maximum Gasteiger partial charge on any atom is 0.407 e. The molecule has 0 fully saturated rings. The zero-order valence-corrected chi connectivity index (χ0v) is 25.8. The van der Waals surface area contributed by atoms with Crippen molar-refractivity contribution in [1.29, 1.82) is 0 Å². The van der Waals surface area contributed by atoms with Crippen LogP contribution in [-0.4, -0.2) is 117 Å². The van der Waals surface area contributed by atoms with Crippen LogP contribution in [0.4, 0.5) is 4.79 Å². The number of hydrogen-bond donors (Lipinski definition) is 2. The van der Waals surface area contributed by atoms with Crippen molar-refractivity contribution < 1.29 is 52.3 Å². The van der Waals surface area contributed by atoms with Gasteiger partial charge in [0.25, 0.3) is 0 Å². The summed E-state index contributed by atoms with van der Waals surface area (Å²) in [6, 6.07) is 16.3. The lowest BCUT2D eigenvalue weighted by Gasteiger charge is -2.14. The summed E-state index contributed by atoms with van der Waals surface area (Å²) in [6.07, 6.45) is -0.379. The van der Waals surface area contributed by atoms with E-state index in [9.17, 15) is 9.59 Å². The third-order valence-electron chi connectivity index (χ3n) is 6.37. The number of ether oxygens (including phenoxy) is 7. The fourth-order valence-electron chi connectivity index (χ4n) is 4.37. The number of rotatable bonds is 23. The maximum absolute atomic E-state index is 12.2. The Hall–Kier alpha value is -3.68. The van der Waals surface area contributed by atoms with Crippen LogP contribution in [0.25, 0.3) is 11.1 Å². The Morgan fingerprint density at radius 2 is 1.07 bits per heavy atom. The summed E-state index contributed by atoms with van der Waals surface area (Å²) in [4.78, 5) is 40.5. The second-order valence-corrected chi connectivity index (χ2v) is 9.37. The Morgan fingerprint density at radius 3 is 1.53 bits per heavy atom. The topological polar surface area (TPSA) is 157 Å². The van der Waals surface area contributed by atoms with E-state index < -0.39 is 6.09 Å². The Morgan fingerprint density at radius 1 is 0.644 bits per heavy atom. The van der Waals surface area contributed by atoms with E-state index in [0.29, 0.717) is 85.8 Å². The van der Waals surface area contributed by atoms with E-state index in [0.717, 1.165) is 22.3 Å². The van der Waals surface area contributed by atoms with Crippen molar-refractivity contribution in [2.24, 2.45) is 0 Å². The zero-order valence-electron chi connectivity index (χ0n) is 25.8. The molecule has 1 aliphatic rings. The molecule has 13 heteroatoms. The molecule has 3 rings (SSSR count). The molecule has 13 nitrogen and oxygen atoms in total. The van der Waals surface area contributed by atoms with Gasteiger partial charge in [-0.3, -0.25) is 4.79 Å². The van der Waals surface area contributed by atoms with E-state index in [-0.39, 0.29) is 31.1 Å². The lowest BCUT2D eigenvalue weighted by molar-refractivity contribution is -0.191. The van der Waals surface area contributed by atoms with E-state index in [1.54, 1.807) is 0 Å². The summed E-state index contributed by atoms with van der Waals surface area (Å²) >= 11 is 0. The minimum atomic E-state index is -0.629. The number of nitrogens with one attached hydrogen (secondary N) is 2. The first-order valence-electron chi connectivity index (χ1n) is 14.9. The molecular formula is C32H44N2O11. The third kappa shape index (κ3) is 15.7. The van der Waals surface area contributed by atoms with E-state index in [1.165, 1.54) is 0 Å². The van der Waals surface area contributed by atoms with Crippen molar-refractivity contribution in [3.8, 4) is 11.1 Å². The van der Waals surface area contributed by atoms with Crippen molar-refractivity contribution in [3.63, 3.8) is 0 Å². The van der Waals surface area contributed by atoms with Crippen LogP contribution in [0.15, 0.2) is 48.5 Å². The molecule has 45 heavy (non-hydrogen) atoms. The third-order valence-corrected chi connectivity index (χ3v) is 6.37. The van der Waals surface area contributed by atoms with E-state index in [2.05, 4.69) is 34.9 Å². The fourth-order valence-corrected chi connectivity index (χ4v) is 4.37. The minimum Gasteiger partial charge on any atom is -0.449 e. The predicted molar refractivity (Wildman–Crippen MR) is 162 cm³/mol. The fraction of sp³-hybridized carbons (Fsp3) is 0.531. The van der Waals surface area contributed by atoms with Gasteiger partial charge in [-0.25, -0.2) is 4.79 Å². The molecule has 0 atom stereocenters. The summed E-state index contributed by atoms with van der Waals surface area (Å²) in [6.45, 7) is 8.34. The Balaban J connectivity index is 0.00000226. The summed E-state index contributed by atoms with van der Waals surface area (Å²) in [7, 11) is 0. The molecule has 0 saturated heterocycles. The number of fused-ring (bicyclic) bond motifs is 3. The zero-order chi connectivity index (χ0) is 32.4. The molecule has 0 saturated carbocycles. The molecule has 0 aliphatic heterocycles. The van der Waals surface area contributed by atoms with Gasteiger partial charge in [-0.15, -0.1) is 0 Å². The van der Waals surface area contributed by atoms with Gasteiger partial charge < -0.3 is 43.8 Å². The van der Waals surface area contributed by atoms with Crippen LogP contribution in [0.1, 0.15) is 24.0 Å². The average Bonchev–Trinajstić information content (AvgIpc) is 3.37. The van der Waals surface area contributed by atoms with Gasteiger partial charge in [-0.05, 0) is 29.2 Å². The van der Waals surface area contributed by atoms with E-state index in [4.69, 9.17) is 42.7 Å². The molecule has 248 valence electrons. The number of amides is 2. The van der Waals surface area contributed by atoms with Crippen LogP contribution in [0.3, 0.4) is 0 Å². The van der Waals surface area contributed by atoms with Crippen molar-refractivity contribution in [2.75, 3.05) is 99.0 Å². The summed E-state index contributed by atoms with van der Waals surface area (Å²) in [5.74, 6) is -0.351. The van der Waals surface area contributed by atoms with Crippen LogP contribution in [0, 0.1) is 0 Å². The lowest BCUT2D eigenvalue weighted by atomic mass is 9.98. The molecule has 2 aromatic carbocycles. The second kappa shape index (κ2) is 24.6. The first-order chi connectivity index (χ1) is 22.1. The van der Waals surface area contributed by atoms with Gasteiger partial charge >= 0.3 is 12.2 Å². The van der Waals surface area contributed by atoms with Crippen molar-refractivity contribution >= 4 is 18.2 Å². The second-order valence-electron chi connectivity index (χ2n) is 9.37. The van der Waals surface area contributed by atoms with E-state index >= 15 is 0 Å². The highest BCUT2D eigenvalue weighted by atomic mass is 16.6. The number of benzene rings is 2. The van der Waals surface area contributed by atoms with Crippen molar-refractivity contribution in [1.82, 2.24) is 10.6 Å². The highest BCUT2D eigenvalue weighted by Crippen LogP contribution is 2.44. The average molecular weight is 633 g/mol. The minimum absolute atomic E-state index is 0.0301. The van der Waals surface area contributed by atoms with Gasteiger partial charge in [0.15, 0.2) is 0 Å².